The molecule has 86 valence electrons. The summed E-state index contributed by atoms with van der Waals surface area (Å²) in [5.74, 6) is 0.619. The summed E-state index contributed by atoms with van der Waals surface area (Å²) < 4.78 is 11.3. The minimum atomic E-state index is -0.474. The lowest BCUT2D eigenvalue weighted by Gasteiger charge is -2.22. The van der Waals surface area contributed by atoms with E-state index >= 15 is 0 Å². The molecule has 0 radical (unpaired) electrons. The molecule has 2 aliphatic heterocycles. The largest absolute Gasteiger partial charge is 0.559 e. The molecule has 1 fully saturated rings. The Labute approximate surface area is 96.0 Å². The Morgan fingerprint density at radius 3 is 2.75 bits per heavy atom. The van der Waals surface area contributed by atoms with Gasteiger partial charge in [0.1, 0.15) is 5.60 Å². The Kier molecular flexibility index (Phi) is 2.58. The highest BCUT2D eigenvalue weighted by molar-refractivity contribution is 6.55. The summed E-state index contributed by atoms with van der Waals surface area (Å²) >= 11 is 0. The molecule has 0 aromatic heterocycles. The normalized spacial score (nSPS) is 24.6. The maximum Gasteiger partial charge on any atom is 0.559 e. The van der Waals surface area contributed by atoms with Crippen molar-refractivity contribution < 1.29 is 14.1 Å². The first-order valence-corrected chi connectivity index (χ1v) is 5.39. The fourth-order valence-electron chi connectivity index (χ4n) is 1.71. The molecule has 2 rings (SSSR count). The van der Waals surface area contributed by atoms with Crippen molar-refractivity contribution in [2.24, 2.45) is 0 Å². The van der Waals surface area contributed by atoms with E-state index < -0.39 is 12.7 Å². The molecule has 0 spiro atoms. The average molecular weight is 221 g/mol. The quantitative estimate of drug-likeness (QED) is 0.623. The van der Waals surface area contributed by atoms with E-state index in [0.717, 1.165) is 11.9 Å². The van der Waals surface area contributed by atoms with Crippen LogP contribution in [-0.2, 0) is 14.1 Å². The van der Waals surface area contributed by atoms with Crippen LogP contribution < -0.4 is 0 Å². The van der Waals surface area contributed by atoms with Crippen LogP contribution in [0.15, 0.2) is 23.9 Å². The number of hydrogen-bond acceptors (Lipinski definition) is 3. The van der Waals surface area contributed by atoms with Gasteiger partial charge in [0.2, 0.25) is 5.91 Å². The molecule has 5 heteroatoms. The number of rotatable bonds is 1. The summed E-state index contributed by atoms with van der Waals surface area (Å²) in [6.07, 6.45) is 2.39. The molecule has 4 nitrogen and oxygen atoms in total. The van der Waals surface area contributed by atoms with Gasteiger partial charge >= 0.3 is 7.12 Å². The first-order chi connectivity index (χ1) is 7.40. The van der Waals surface area contributed by atoms with E-state index in [-0.39, 0.29) is 5.91 Å². The molecule has 0 atom stereocenters. The molecule has 0 N–H and O–H groups in total. The van der Waals surface area contributed by atoms with Gasteiger partial charge in [0.05, 0.1) is 5.76 Å². The van der Waals surface area contributed by atoms with Crippen LogP contribution in [0.5, 0.6) is 0 Å². The molecule has 0 aliphatic carbocycles. The fraction of sp³-hybridized carbons (Fsp3) is 0.545. The molecule has 0 saturated carbocycles. The van der Waals surface area contributed by atoms with Crippen molar-refractivity contribution in [2.45, 2.75) is 25.9 Å². The topological polar surface area (TPSA) is 38.8 Å². The number of amides is 1. The Balaban J connectivity index is 2.14. The highest BCUT2D eigenvalue weighted by Crippen LogP contribution is 2.33. The van der Waals surface area contributed by atoms with Crippen molar-refractivity contribution >= 4 is 13.0 Å². The molecule has 2 heterocycles. The van der Waals surface area contributed by atoms with Crippen molar-refractivity contribution in [1.82, 2.24) is 4.90 Å². The zero-order chi connectivity index (χ0) is 11.9. The molecule has 0 unspecified atom stereocenters. The monoisotopic (exact) mass is 221 g/mol. The van der Waals surface area contributed by atoms with Gasteiger partial charge in [0.25, 0.3) is 0 Å². The number of nitrogens with zero attached hydrogens (tertiary/aromatic N) is 1. The lowest BCUT2D eigenvalue weighted by molar-refractivity contribution is -0.125. The Morgan fingerprint density at radius 2 is 2.25 bits per heavy atom. The van der Waals surface area contributed by atoms with E-state index in [0.29, 0.717) is 12.3 Å². The number of carbonyl (C=O) groups excluding carboxylic acids is 1. The maximum absolute atomic E-state index is 11.5. The van der Waals surface area contributed by atoms with Gasteiger partial charge in [0.15, 0.2) is 0 Å². The summed E-state index contributed by atoms with van der Waals surface area (Å²) in [6.45, 7) is 8.34. The third-order valence-corrected chi connectivity index (χ3v) is 3.05. The van der Waals surface area contributed by atoms with Crippen LogP contribution in [0.3, 0.4) is 0 Å². The molecule has 0 bridgehead atoms. The van der Waals surface area contributed by atoms with Crippen molar-refractivity contribution in [2.75, 3.05) is 13.6 Å². The van der Waals surface area contributed by atoms with Crippen LogP contribution in [0.2, 0.25) is 0 Å². The van der Waals surface area contributed by atoms with Gasteiger partial charge in [-0.25, -0.2) is 0 Å². The Bertz CT molecular complexity index is 375. The number of carbonyl (C=O) groups is 1. The second kappa shape index (κ2) is 3.66. The molecular formula is C11H16BNO3. The van der Waals surface area contributed by atoms with Gasteiger partial charge in [0, 0.05) is 19.7 Å². The van der Waals surface area contributed by atoms with Crippen molar-refractivity contribution in [3.63, 3.8) is 0 Å². The van der Waals surface area contributed by atoms with E-state index in [9.17, 15) is 4.79 Å². The van der Waals surface area contributed by atoms with Gasteiger partial charge in [-0.1, -0.05) is 6.58 Å². The maximum atomic E-state index is 11.5. The van der Waals surface area contributed by atoms with E-state index in [1.54, 1.807) is 18.0 Å². The first kappa shape index (κ1) is 11.3. The first-order valence-electron chi connectivity index (χ1n) is 5.39. The molecule has 16 heavy (non-hydrogen) atoms. The molecule has 2 aliphatic rings. The molecule has 0 aromatic carbocycles. The van der Waals surface area contributed by atoms with E-state index in [2.05, 4.69) is 6.58 Å². The summed E-state index contributed by atoms with van der Waals surface area (Å²) in [7, 11) is 1.34. The van der Waals surface area contributed by atoms with Gasteiger partial charge in [-0.15, -0.1) is 0 Å². The summed E-state index contributed by atoms with van der Waals surface area (Å²) in [4.78, 5) is 13.2. The Morgan fingerprint density at radius 1 is 1.56 bits per heavy atom. The number of likely N-dealkylation sites (N-methyl/N-ethyl adjacent to an activating group) is 1. The molecule has 1 saturated heterocycles. The van der Waals surface area contributed by atoms with E-state index in [1.165, 1.54) is 0 Å². The van der Waals surface area contributed by atoms with Crippen LogP contribution >= 0.6 is 0 Å². The third-order valence-electron chi connectivity index (χ3n) is 3.05. The van der Waals surface area contributed by atoms with Crippen LogP contribution in [0.4, 0.5) is 0 Å². The van der Waals surface area contributed by atoms with Gasteiger partial charge in [-0.2, -0.15) is 0 Å². The number of hydrogen-bond donors (Lipinski definition) is 0. The van der Waals surface area contributed by atoms with Gasteiger partial charge in [-0.05, 0) is 25.7 Å². The summed E-state index contributed by atoms with van der Waals surface area (Å²) in [5.41, 5.74) is 0.424. The highest BCUT2D eigenvalue weighted by Gasteiger charge is 2.44. The van der Waals surface area contributed by atoms with Crippen LogP contribution in [0.1, 0.15) is 20.3 Å². The molecule has 0 aromatic rings. The third kappa shape index (κ3) is 1.87. The fourth-order valence-corrected chi connectivity index (χ4v) is 1.71. The molecular weight excluding hydrogens is 205 g/mol. The summed E-state index contributed by atoms with van der Waals surface area (Å²) in [6, 6.07) is 0. The van der Waals surface area contributed by atoms with Crippen LogP contribution in [0, 0.1) is 0 Å². The SMILES string of the molecule is C=C1OB(C2=CC(=O)N(C)CC2)OC1(C)C. The highest BCUT2D eigenvalue weighted by atomic mass is 16.7. The predicted octanol–water partition coefficient (Wildman–Crippen LogP) is 1.14. The zero-order valence-electron chi connectivity index (χ0n) is 9.95. The van der Waals surface area contributed by atoms with Crippen LogP contribution in [-0.4, -0.2) is 37.1 Å². The zero-order valence-corrected chi connectivity index (χ0v) is 9.95. The Hall–Kier alpha value is -1.23. The predicted molar refractivity (Wildman–Crippen MR) is 61.5 cm³/mol. The second-order valence-electron chi connectivity index (χ2n) is 4.73. The van der Waals surface area contributed by atoms with Crippen molar-refractivity contribution in [1.29, 1.82) is 0 Å². The van der Waals surface area contributed by atoms with Gasteiger partial charge in [-0.3, -0.25) is 4.79 Å². The summed E-state index contributed by atoms with van der Waals surface area (Å²) in [5, 5.41) is 0. The lowest BCUT2D eigenvalue weighted by atomic mass is 9.75. The minimum absolute atomic E-state index is 0.00349. The average Bonchev–Trinajstić information content (AvgIpc) is 2.46. The standard InChI is InChI=1S/C11H16BNO3/c1-8-11(2,3)16-12(15-8)9-5-6-13(4)10(14)7-9/h7H,1,5-6H2,2-4H3. The van der Waals surface area contributed by atoms with E-state index in [1.807, 2.05) is 13.8 Å². The van der Waals surface area contributed by atoms with Gasteiger partial charge < -0.3 is 14.2 Å². The smallest absolute Gasteiger partial charge is 0.534 e. The molecule has 1 amide bonds. The van der Waals surface area contributed by atoms with Crippen LogP contribution in [0.25, 0.3) is 0 Å². The lowest BCUT2D eigenvalue weighted by Crippen LogP contribution is -2.35. The van der Waals surface area contributed by atoms with Crippen molar-refractivity contribution in [3.8, 4) is 0 Å². The second-order valence-corrected chi connectivity index (χ2v) is 4.73. The van der Waals surface area contributed by atoms with E-state index in [4.69, 9.17) is 9.31 Å². The minimum Gasteiger partial charge on any atom is -0.534 e. The van der Waals surface area contributed by atoms with Crippen molar-refractivity contribution in [3.05, 3.63) is 23.9 Å².